The number of imide groups is 1. The second-order valence-electron chi connectivity index (χ2n) is 5.19. The van der Waals surface area contributed by atoms with Crippen LogP contribution in [-0.4, -0.2) is 31.1 Å². The van der Waals surface area contributed by atoms with Gasteiger partial charge in [0.2, 0.25) is 0 Å². The van der Waals surface area contributed by atoms with Gasteiger partial charge in [-0.05, 0) is 24.6 Å². The number of carbonyl (C=O) groups is 3. The smallest absolute Gasteiger partial charge is 0.339 e. The zero-order valence-electron chi connectivity index (χ0n) is 14.1. The number of benzene rings is 2. The van der Waals surface area contributed by atoms with Gasteiger partial charge >= 0.3 is 12.0 Å². The third-order valence-corrected chi connectivity index (χ3v) is 3.41. The van der Waals surface area contributed by atoms with E-state index >= 15 is 0 Å². The summed E-state index contributed by atoms with van der Waals surface area (Å²) in [5.74, 6) is -1.46. The van der Waals surface area contributed by atoms with Gasteiger partial charge in [-0.15, -0.1) is 0 Å². The van der Waals surface area contributed by atoms with Crippen molar-refractivity contribution in [3.8, 4) is 17.2 Å². The molecule has 0 fully saturated rings. The number of amides is 3. The van der Waals surface area contributed by atoms with E-state index in [2.05, 4.69) is 11.4 Å². The summed E-state index contributed by atoms with van der Waals surface area (Å²) in [4.78, 5) is 35.3. The molecular formula is C19H17N3O4. The number of nitrogens with one attached hydrogen (secondary N) is 2. The number of carbonyl (C=O) groups excluding carboxylic acids is 3. The van der Waals surface area contributed by atoms with Crippen molar-refractivity contribution in [1.29, 1.82) is 5.26 Å². The number of rotatable bonds is 5. The van der Waals surface area contributed by atoms with Crippen molar-refractivity contribution in [3.63, 3.8) is 0 Å². The molecule has 7 nitrogen and oxygen atoms in total. The summed E-state index contributed by atoms with van der Waals surface area (Å²) < 4.78 is 4.99. The molecule has 26 heavy (non-hydrogen) atoms. The third-order valence-electron chi connectivity index (χ3n) is 3.41. The van der Waals surface area contributed by atoms with Crippen molar-refractivity contribution >= 4 is 17.9 Å². The van der Waals surface area contributed by atoms with Gasteiger partial charge in [-0.3, -0.25) is 10.1 Å². The van der Waals surface area contributed by atoms with Crippen LogP contribution in [-0.2, 0) is 9.53 Å². The predicted octanol–water partition coefficient (Wildman–Crippen LogP) is 2.23. The zero-order chi connectivity index (χ0) is 18.9. The highest BCUT2D eigenvalue weighted by Crippen LogP contribution is 2.27. The lowest BCUT2D eigenvalue weighted by molar-refractivity contribution is -0.123. The molecule has 2 aromatic carbocycles. The van der Waals surface area contributed by atoms with E-state index in [0.29, 0.717) is 23.2 Å². The van der Waals surface area contributed by atoms with E-state index in [9.17, 15) is 19.6 Å². The van der Waals surface area contributed by atoms with Gasteiger partial charge in [0.25, 0.3) is 5.91 Å². The summed E-state index contributed by atoms with van der Waals surface area (Å²) in [5, 5.41) is 13.7. The molecule has 0 bridgehead atoms. The fourth-order valence-corrected chi connectivity index (χ4v) is 2.29. The first-order chi connectivity index (χ1) is 12.6. The van der Waals surface area contributed by atoms with Crippen LogP contribution in [0.4, 0.5) is 4.79 Å². The maximum atomic E-state index is 12.4. The van der Waals surface area contributed by atoms with Gasteiger partial charge in [-0.25, -0.2) is 9.59 Å². The number of hydrogen-bond acceptors (Lipinski definition) is 5. The van der Waals surface area contributed by atoms with Crippen LogP contribution >= 0.6 is 0 Å². The second kappa shape index (κ2) is 8.99. The lowest BCUT2D eigenvalue weighted by atomic mass is 9.96. The zero-order valence-corrected chi connectivity index (χ0v) is 14.1. The van der Waals surface area contributed by atoms with Crippen LogP contribution in [0.2, 0.25) is 0 Å². The van der Waals surface area contributed by atoms with Gasteiger partial charge in [-0.2, -0.15) is 5.26 Å². The molecule has 0 aromatic heterocycles. The molecule has 0 atom stereocenters. The molecule has 0 radical (unpaired) electrons. The Hall–Kier alpha value is -3.66. The van der Waals surface area contributed by atoms with Gasteiger partial charge in [0.1, 0.15) is 0 Å². The molecule has 2 aromatic rings. The molecule has 0 aliphatic heterocycles. The van der Waals surface area contributed by atoms with Crippen LogP contribution in [0.15, 0.2) is 48.5 Å². The Morgan fingerprint density at radius 1 is 1.04 bits per heavy atom. The monoisotopic (exact) mass is 351 g/mol. The van der Waals surface area contributed by atoms with Gasteiger partial charge in [0.15, 0.2) is 6.61 Å². The van der Waals surface area contributed by atoms with E-state index in [1.165, 1.54) is 0 Å². The predicted molar refractivity (Wildman–Crippen MR) is 94.1 cm³/mol. The Morgan fingerprint density at radius 3 is 2.38 bits per heavy atom. The van der Waals surface area contributed by atoms with Gasteiger partial charge in [-0.1, -0.05) is 36.4 Å². The summed E-state index contributed by atoms with van der Waals surface area (Å²) in [6.45, 7) is 1.48. The molecular weight excluding hydrogens is 334 g/mol. The number of esters is 1. The lowest BCUT2D eigenvalue weighted by Crippen LogP contribution is -2.41. The number of urea groups is 1. The van der Waals surface area contributed by atoms with E-state index in [0.717, 1.165) is 0 Å². The molecule has 2 rings (SSSR count). The molecule has 132 valence electrons. The third kappa shape index (κ3) is 4.68. The first-order valence-corrected chi connectivity index (χ1v) is 7.90. The van der Waals surface area contributed by atoms with Crippen molar-refractivity contribution in [2.24, 2.45) is 0 Å². The summed E-state index contributed by atoms with van der Waals surface area (Å²) in [7, 11) is 0. The van der Waals surface area contributed by atoms with Crippen LogP contribution in [0.5, 0.6) is 0 Å². The highest BCUT2D eigenvalue weighted by Gasteiger charge is 2.17. The topological polar surface area (TPSA) is 108 Å². The minimum atomic E-state index is -0.737. The van der Waals surface area contributed by atoms with Crippen LogP contribution in [0, 0.1) is 11.3 Å². The minimum absolute atomic E-state index is 0.223. The molecule has 2 N–H and O–H groups in total. The maximum absolute atomic E-state index is 12.4. The molecule has 0 saturated heterocycles. The number of ether oxygens (including phenoxy) is 1. The van der Waals surface area contributed by atoms with E-state index in [-0.39, 0.29) is 5.56 Å². The van der Waals surface area contributed by atoms with Gasteiger partial charge in [0.05, 0.1) is 17.2 Å². The van der Waals surface area contributed by atoms with Crippen LogP contribution in [0.1, 0.15) is 22.8 Å². The molecule has 0 saturated carbocycles. The number of nitrogens with zero attached hydrogens (tertiary/aromatic N) is 1. The molecule has 0 heterocycles. The van der Waals surface area contributed by atoms with Crippen molar-refractivity contribution < 1.29 is 19.1 Å². The van der Waals surface area contributed by atoms with E-state index in [1.54, 1.807) is 55.5 Å². The van der Waals surface area contributed by atoms with Crippen molar-refractivity contribution in [2.75, 3.05) is 13.2 Å². The minimum Gasteiger partial charge on any atom is -0.452 e. The van der Waals surface area contributed by atoms with Crippen molar-refractivity contribution in [3.05, 3.63) is 59.7 Å². The molecule has 0 aliphatic carbocycles. The largest absolute Gasteiger partial charge is 0.452 e. The molecule has 0 unspecified atom stereocenters. The first-order valence-electron chi connectivity index (χ1n) is 7.90. The normalized spacial score (nSPS) is 9.69. The maximum Gasteiger partial charge on any atom is 0.339 e. The fourth-order valence-electron chi connectivity index (χ4n) is 2.29. The summed E-state index contributed by atoms with van der Waals surface area (Å²) in [6, 6.07) is 14.9. The lowest BCUT2D eigenvalue weighted by Gasteiger charge is -2.11. The standard InChI is InChI=1S/C19H17N3O4/c1-2-21-19(25)22-17(23)12-26-18(24)16-10-6-5-9-15(16)14-8-4-3-7-13(14)11-20/h3-10H,2,12H2,1H3,(H2,21,22,23,25). The van der Waals surface area contributed by atoms with Crippen molar-refractivity contribution in [1.82, 2.24) is 10.6 Å². The Bertz CT molecular complexity index is 871. The molecule has 7 heteroatoms. The summed E-state index contributed by atoms with van der Waals surface area (Å²) in [6.07, 6.45) is 0. The Balaban J connectivity index is 2.15. The van der Waals surface area contributed by atoms with E-state index in [1.807, 2.05) is 5.32 Å². The Morgan fingerprint density at radius 2 is 1.69 bits per heavy atom. The Kier molecular flexibility index (Phi) is 6.46. The number of nitriles is 1. The molecule has 0 spiro atoms. The van der Waals surface area contributed by atoms with E-state index < -0.39 is 24.5 Å². The molecule has 0 aliphatic rings. The van der Waals surface area contributed by atoms with Crippen LogP contribution in [0.25, 0.3) is 11.1 Å². The molecule has 3 amide bonds. The highest BCUT2D eigenvalue weighted by molar-refractivity contribution is 6.00. The average molecular weight is 351 g/mol. The van der Waals surface area contributed by atoms with Gasteiger partial charge in [0, 0.05) is 12.1 Å². The van der Waals surface area contributed by atoms with Gasteiger partial charge < -0.3 is 10.1 Å². The average Bonchev–Trinajstić information content (AvgIpc) is 2.66. The quantitative estimate of drug-likeness (QED) is 0.803. The van der Waals surface area contributed by atoms with Crippen molar-refractivity contribution in [2.45, 2.75) is 6.92 Å². The summed E-state index contributed by atoms with van der Waals surface area (Å²) >= 11 is 0. The van der Waals surface area contributed by atoms with Crippen LogP contribution in [0.3, 0.4) is 0 Å². The number of hydrogen-bond donors (Lipinski definition) is 2. The van der Waals surface area contributed by atoms with E-state index in [4.69, 9.17) is 4.74 Å². The highest BCUT2D eigenvalue weighted by atomic mass is 16.5. The second-order valence-corrected chi connectivity index (χ2v) is 5.19. The fraction of sp³-hybridized carbons (Fsp3) is 0.158. The SMILES string of the molecule is CCNC(=O)NC(=O)COC(=O)c1ccccc1-c1ccccc1C#N. The van der Waals surface area contributed by atoms with Crippen LogP contribution < -0.4 is 10.6 Å². The Labute approximate surface area is 150 Å². The summed E-state index contributed by atoms with van der Waals surface area (Å²) in [5.41, 5.74) is 1.76. The first kappa shape index (κ1) is 18.7.